The lowest BCUT2D eigenvalue weighted by Gasteiger charge is -2.21. The van der Waals surface area contributed by atoms with Crippen molar-refractivity contribution in [2.45, 2.75) is 12.0 Å². The van der Waals surface area contributed by atoms with Gasteiger partial charge in [0.25, 0.3) is 5.92 Å². The Bertz CT molecular complexity index is 356. The monoisotopic (exact) mass is 223 g/mol. The number of halogens is 4. The van der Waals surface area contributed by atoms with Gasteiger partial charge in [0.2, 0.25) is 0 Å². The molecule has 0 saturated carbocycles. The molecular weight excluding hydrogens is 214 g/mol. The van der Waals surface area contributed by atoms with Crippen molar-refractivity contribution in [1.29, 1.82) is 0 Å². The van der Waals surface area contributed by atoms with Crippen LogP contribution in [0.25, 0.3) is 0 Å². The largest absolute Gasteiger partial charge is 0.390 e. The molecule has 0 aliphatic carbocycles. The maximum atomic E-state index is 13.0. The van der Waals surface area contributed by atoms with E-state index >= 15 is 0 Å². The molecule has 0 aromatic heterocycles. The van der Waals surface area contributed by atoms with Gasteiger partial charge in [0.05, 0.1) is 6.04 Å². The summed E-state index contributed by atoms with van der Waals surface area (Å²) < 4.78 is 51.3. The lowest BCUT2D eigenvalue weighted by molar-refractivity contribution is -0.0719. The fraction of sp³-hybridized carbons (Fsp3) is 0.333. The van der Waals surface area contributed by atoms with Gasteiger partial charge in [-0.05, 0) is 6.07 Å². The van der Waals surface area contributed by atoms with Crippen molar-refractivity contribution in [2.24, 2.45) is 5.73 Å². The van der Waals surface area contributed by atoms with Gasteiger partial charge in [-0.2, -0.15) is 0 Å². The Hall–Kier alpha value is -1.14. The molecule has 0 radical (unpaired) electrons. The number of rotatable bonds is 3. The molecule has 1 aromatic carbocycles. The summed E-state index contributed by atoms with van der Waals surface area (Å²) in [5, 5.41) is 8.34. The second-order valence-electron chi connectivity index (χ2n) is 3.06. The molecule has 0 bridgehead atoms. The minimum Gasteiger partial charge on any atom is -0.390 e. The quantitative estimate of drug-likeness (QED) is 0.764. The SMILES string of the molecule is N[C@@H](c1ccc(F)cc1F)C(F)(F)CO. The van der Waals surface area contributed by atoms with E-state index in [4.69, 9.17) is 10.8 Å². The molecule has 0 heterocycles. The zero-order chi connectivity index (χ0) is 11.6. The summed E-state index contributed by atoms with van der Waals surface area (Å²) in [7, 11) is 0. The summed E-state index contributed by atoms with van der Waals surface area (Å²) >= 11 is 0. The van der Waals surface area contributed by atoms with E-state index in [0.29, 0.717) is 6.07 Å². The first-order chi connectivity index (χ1) is 6.88. The Labute approximate surface area is 83.3 Å². The van der Waals surface area contributed by atoms with E-state index in [1.165, 1.54) is 0 Å². The van der Waals surface area contributed by atoms with E-state index in [2.05, 4.69) is 0 Å². The van der Waals surface area contributed by atoms with Crippen LogP contribution < -0.4 is 5.73 Å². The molecule has 15 heavy (non-hydrogen) atoms. The number of aliphatic hydroxyl groups excluding tert-OH is 1. The number of aliphatic hydroxyl groups is 1. The van der Waals surface area contributed by atoms with E-state index < -0.39 is 35.8 Å². The molecule has 0 unspecified atom stereocenters. The molecule has 0 amide bonds. The summed E-state index contributed by atoms with van der Waals surface area (Å²) in [6, 6.07) is 0.121. The number of hydrogen-bond donors (Lipinski definition) is 2. The van der Waals surface area contributed by atoms with Gasteiger partial charge in [-0.15, -0.1) is 0 Å². The first-order valence-electron chi connectivity index (χ1n) is 4.07. The van der Waals surface area contributed by atoms with Crippen molar-refractivity contribution in [3.05, 3.63) is 35.4 Å². The highest BCUT2D eigenvalue weighted by Crippen LogP contribution is 2.30. The highest BCUT2D eigenvalue weighted by atomic mass is 19.3. The van der Waals surface area contributed by atoms with Crippen LogP contribution in [-0.4, -0.2) is 17.6 Å². The van der Waals surface area contributed by atoms with Crippen LogP contribution in [0.5, 0.6) is 0 Å². The van der Waals surface area contributed by atoms with Crippen LogP contribution in [0, 0.1) is 11.6 Å². The molecular formula is C9H9F4NO. The third-order valence-electron chi connectivity index (χ3n) is 1.96. The van der Waals surface area contributed by atoms with Crippen LogP contribution in [0.2, 0.25) is 0 Å². The highest BCUT2D eigenvalue weighted by Gasteiger charge is 2.38. The van der Waals surface area contributed by atoms with Gasteiger partial charge >= 0.3 is 0 Å². The standard InChI is InChI=1S/C9H9F4NO/c10-5-1-2-6(7(11)3-5)8(14)9(12,13)4-15/h1-3,8,15H,4,14H2/t8-/m0/s1. The lowest BCUT2D eigenvalue weighted by atomic mass is 10.0. The van der Waals surface area contributed by atoms with Crippen molar-refractivity contribution in [3.8, 4) is 0 Å². The molecule has 0 aliphatic heterocycles. The van der Waals surface area contributed by atoms with Gasteiger partial charge in [-0.1, -0.05) is 6.07 Å². The Balaban J connectivity index is 3.06. The van der Waals surface area contributed by atoms with Crippen LogP contribution >= 0.6 is 0 Å². The number of benzene rings is 1. The van der Waals surface area contributed by atoms with E-state index in [1.54, 1.807) is 0 Å². The third-order valence-corrected chi connectivity index (χ3v) is 1.96. The maximum Gasteiger partial charge on any atom is 0.289 e. The van der Waals surface area contributed by atoms with Crippen molar-refractivity contribution in [3.63, 3.8) is 0 Å². The third kappa shape index (κ3) is 2.45. The summed E-state index contributed by atoms with van der Waals surface area (Å²) in [6.45, 7) is -1.50. The van der Waals surface area contributed by atoms with Crippen LogP contribution in [-0.2, 0) is 0 Å². The van der Waals surface area contributed by atoms with E-state index in [-0.39, 0.29) is 0 Å². The summed E-state index contributed by atoms with van der Waals surface area (Å²) in [5.74, 6) is -5.68. The predicted molar refractivity (Wildman–Crippen MR) is 45.3 cm³/mol. The number of hydrogen-bond acceptors (Lipinski definition) is 2. The maximum absolute atomic E-state index is 13.0. The fourth-order valence-electron chi connectivity index (χ4n) is 1.08. The van der Waals surface area contributed by atoms with Crippen molar-refractivity contribution < 1.29 is 22.7 Å². The molecule has 1 atom stereocenters. The van der Waals surface area contributed by atoms with E-state index in [1.807, 2.05) is 0 Å². The molecule has 3 N–H and O–H groups in total. The zero-order valence-electron chi connectivity index (χ0n) is 7.55. The molecule has 0 saturated heterocycles. The topological polar surface area (TPSA) is 46.2 Å². The molecule has 2 nitrogen and oxygen atoms in total. The van der Waals surface area contributed by atoms with Gasteiger partial charge in [0, 0.05) is 11.6 Å². The highest BCUT2D eigenvalue weighted by molar-refractivity contribution is 5.23. The summed E-state index contributed by atoms with van der Waals surface area (Å²) in [6.07, 6.45) is 0. The zero-order valence-corrected chi connectivity index (χ0v) is 7.55. The minimum absolute atomic E-state index is 0.461. The molecule has 0 spiro atoms. The molecule has 0 fully saturated rings. The normalized spacial score (nSPS) is 14.0. The Morgan fingerprint density at radius 3 is 2.40 bits per heavy atom. The average Bonchev–Trinajstić information content (AvgIpc) is 2.17. The van der Waals surface area contributed by atoms with Crippen molar-refractivity contribution in [2.75, 3.05) is 6.61 Å². The Kier molecular flexibility index (Phi) is 3.31. The van der Waals surface area contributed by atoms with Crippen molar-refractivity contribution >= 4 is 0 Å². The molecule has 84 valence electrons. The molecule has 0 aliphatic rings. The Morgan fingerprint density at radius 2 is 1.93 bits per heavy atom. The Morgan fingerprint density at radius 1 is 1.33 bits per heavy atom. The summed E-state index contributed by atoms with van der Waals surface area (Å²) in [5.41, 5.74) is 4.53. The second kappa shape index (κ2) is 4.16. The first kappa shape index (κ1) is 11.9. The van der Waals surface area contributed by atoms with Crippen LogP contribution in [0.15, 0.2) is 18.2 Å². The predicted octanol–water partition coefficient (Wildman–Crippen LogP) is 1.59. The average molecular weight is 223 g/mol. The first-order valence-corrected chi connectivity index (χ1v) is 4.07. The number of alkyl halides is 2. The van der Waals surface area contributed by atoms with Gasteiger partial charge < -0.3 is 10.8 Å². The fourth-order valence-corrected chi connectivity index (χ4v) is 1.08. The summed E-state index contributed by atoms with van der Waals surface area (Å²) in [4.78, 5) is 0. The van der Waals surface area contributed by atoms with Crippen LogP contribution in [0.1, 0.15) is 11.6 Å². The number of nitrogens with two attached hydrogens (primary N) is 1. The molecule has 1 aromatic rings. The smallest absolute Gasteiger partial charge is 0.289 e. The van der Waals surface area contributed by atoms with E-state index in [9.17, 15) is 17.6 Å². The molecule has 6 heteroatoms. The van der Waals surface area contributed by atoms with Gasteiger partial charge in [-0.3, -0.25) is 0 Å². The van der Waals surface area contributed by atoms with Gasteiger partial charge in [0.15, 0.2) is 0 Å². The van der Waals surface area contributed by atoms with Crippen LogP contribution in [0.4, 0.5) is 17.6 Å². The van der Waals surface area contributed by atoms with E-state index in [0.717, 1.165) is 12.1 Å². The van der Waals surface area contributed by atoms with Gasteiger partial charge in [0.1, 0.15) is 18.2 Å². The van der Waals surface area contributed by atoms with Crippen molar-refractivity contribution in [1.82, 2.24) is 0 Å². The van der Waals surface area contributed by atoms with Crippen LogP contribution in [0.3, 0.4) is 0 Å². The van der Waals surface area contributed by atoms with Gasteiger partial charge in [-0.25, -0.2) is 17.6 Å². The lowest BCUT2D eigenvalue weighted by Crippen LogP contribution is -2.36. The second-order valence-corrected chi connectivity index (χ2v) is 3.06. The molecule has 1 rings (SSSR count). The minimum atomic E-state index is -3.64.